The van der Waals surface area contributed by atoms with Gasteiger partial charge in [0.15, 0.2) is 5.78 Å². The summed E-state index contributed by atoms with van der Waals surface area (Å²) in [7, 11) is 0. The largest absolute Gasteiger partial charge is 0.355 e. The lowest BCUT2D eigenvalue weighted by Gasteiger charge is -2.41. The van der Waals surface area contributed by atoms with E-state index in [1.54, 1.807) is 0 Å². The normalized spacial score (nSPS) is 21.3. The molecule has 2 saturated heterocycles. The van der Waals surface area contributed by atoms with Crippen molar-refractivity contribution in [2.75, 3.05) is 26.2 Å². The third kappa shape index (κ3) is 4.10. The molecule has 2 heterocycles. The molecular weight excluding hydrogens is 367 g/mol. The number of Topliss-reactive ketones (excluding diaryl/α,β-unsaturated/α-hetero) is 1. The number of benzene rings is 2. The molecule has 2 aromatic rings. The van der Waals surface area contributed by atoms with E-state index in [1.807, 2.05) is 42.5 Å². The molecule has 2 fully saturated rings. The Kier molecular flexibility index (Phi) is 5.76. The van der Waals surface area contributed by atoms with Crippen LogP contribution in [0.2, 0.25) is 0 Å². The van der Waals surface area contributed by atoms with Gasteiger partial charge in [-0.25, -0.2) is 4.39 Å². The van der Waals surface area contributed by atoms with E-state index in [0.717, 1.165) is 50.0 Å². The lowest BCUT2D eigenvalue weighted by atomic mass is 9.68. The molecule has 4 rings (SSSR count). The van der Waals surface area contributed by atoms with E-state index in [0.29, 0.717) is 13.0 Å². The molecule has 5 heteroatoms. The summed E-state index contributed by atoms with van der Waals surface area (Å²) in [4.78, 5) is 27.3. The van der Waals surface area contributed by atoms with Crippen LogP contribution in [0.4, 0.5) is 4.39 Å². The Morgan fingerprint density at radius 2 is 1.76 bits per heavy atom. The first-order valence-electron chi connectivity index (χ1n) is 10.4. The molecule has 1 spiro atoms. The quantitative estimate of drug-likeness (QED) is 0.759. The number of rotatable bonds is 6. The fourth-order valence-corrected chi connectivity index (χ4v) is 4.84. The number of piperidine rings is 1. The summed E-state index contributed by atoms with van der Waals surface area (Å²) < 4.78 is 13.3. The number of hydrogen-bond acceptors (Lipinski definition) is 3. The second-order valence-corrected chi connectivity index (χ2v) is 8.20. The first-order chi connectivity index (χ1) is 14.1. The molecular formula is C24H27FN2O2. The van der Waals surface area contributed by atoms with Gasteiger partial charge in [0.25, 0.3) is 0 Å². The maximum absolute atomic E-state index is 13.3. The highest BCUT2D eigenvalue weighted by Gasteiger charge is 2.51. The van der Waals surface area contributed by atoms with Crippen molar-refractivity contribution in [3.8, 4) is 0 Å². The Bertz CT molecular complexity index is 858. The predicted molar refractivity (Wildman–Crippen MR) is 110 cm³/mol. The smallest absolute Gasteiger partial charge is 0.227 e. The second kappa shape index (κ2) is 8.46. The van der Waals surface area contributed by atoms with Crippen molar-refractivity contribution in [1.82, 2.24) is 10.2 Å². The lowest BCUT2D eigenvalue weighted by molar-refractivity contribution is -0.130. The molecule has 0 radical (unpaired) electrons. The van der Waals surface area contributed by atoms with Crippen LogP contribution in [-0.2, 0) is 4.79 Å². The Morgan fingerprint density at radius 3 is 2.45 bits per heavy atom. The fourth-order valence-electron chi connectivity index (χ4n) is 4.84. The Labute approximate surface area is 171 Å². The van der Waals surface area contributed by atoms with E-state index in [4.69, 9.17) is 0 Å². The van der Waals surface area contributed by atoms with Gasteiger partial charge in [0.05, 0.1) is 5.41 Å². The molecule has 0 bridgehead atoms. The van der Waals surface area contributed by atoms with Crippen LogP contribution in [0.15, 0.2) is 54.6 Å². The number of amides is 1. The van der Waals surface area contributed by atoms with Gasteiger partial charge in [-0.3, -0.25) is 9.59 Å². The summed E-state index contributed by atoms with van der Waals surface area (Å²) in [6, 6.07) is 16.0. The van der Waals surface area contributed by atoms with Crippen LogP contribution in [0.1, 0.15) is 47.5 Å². The van der Waals surface area contributed by atoms with Crippen LogP contribution in [0.25, 0.3) is 0 Å². The van der Waals surface area contributed by atoms with Gasteiger partial charge in [0.2, 0.25) is 5.91 Å². The summed E-state index contributed by atoms with van der Waals surface area (Å²) in [5, 5.41) is 3.04. The maximum atomic E-state index is 13.3. The molecule has 0 unspecified atom stereocenters. The van der Waals surface area contributed by atoms with Crippen LogP contribution >= 0.6 is 0 Å². The van der Waals surface area contributed by atoms with E-state index in [1.165, 1.54) is 12.1 Å². The van der Waals surface area contributed by atoms with Gasteiger partial charge in [-0.1, -0.05) is 42.5 Å². The van der Waals surface area contributed by atoms with Crippen molar-refractivity contribution in [2.45, 2.75) is 31.6 Å². The zero-order valence-electron chi connectivity index (χ0n) is 16.6. The average molecular weight is 394 g/mol. The van der Waals surface area contributed by atoms with Crippen molar-refractivity contribution < 1.29 is 14.0 Å². The van der Waals surface area contributed by atoms with Crippen LogP contribution in [0.5, 0.6) is 0 Å². The summed E-state index contributed by atoms with van der Waals surface area (Å²) in [6.07, 6.45) is 2.97. The number of carbonyl (C=O) groups excluding carboxylic acids is 2. The van der Waals surface area contributed by atoms with Crippen LogP contribution in [-0.4, -0.2) is 42.8 Å². The topological polar surface area (TPSA) is 49.4 Å². The van der Waals surface area contributed by atoms with Gasteiger partial charge in [-0.2, -0.15) is 0 Å². The van der Waals surface area contributed by atoms with Gasteiger partial charge in [-0.15, -0.1) is 0 Å². The van der Waals surface area contributed by atoms with Crippen LogP contribution in [0, 0.1) is 11.2 Å². The predicted octanol–water partition coefficient (Wildman–Crippen LogP) is 3.78. The minimum absolute atomic E-state index is 0.0948. The summed E-state index contributed by atoms with van der Waals surface area (Å²) in [5.74, 6) is 0.161. The lowest BCUT2D eigenvalue weighted by Crippen LogP contribution is -2.46. The zero-order chi connectivity index (χ0) is 20.3. The SMILES string of the molecule is O=C(CCCN1CCC2(CC1)C(=O)NC[C@@H]2c1ccc(F)cc1)c1ccccc1. The Balaban J connectivity index is 1.32. The van der Waals surface area contributed by atoms with E-state index < -0.39 is 5.41 Å². The van der Waals surface area contributed by atoms with Gasteiger partial charge < -0.3 is 10.2 Å². The van der Waals surface area contributed by atoms with E-state index >= 15 is 0 Å². The molecule has 4 nitrogen and oxygen atoms in total. The molecule has 0 aliphatic carbocycles. The first kappa shape index (κ1) is 19.8. The fraction of sp³-hybridized carbons (Fsp3) is 0.417. The Hall–Kier alpha value is -2.53. The third-order valence-electron chi connectivity index (χ3n) is 6.58. The molecule has 1 atom stereocenters. The van der Waals surface area contributed by atoms with E-state index in [9.17, 15) is 14.0 Å². The molecule has 0 aromatic heterocycles. The zero-order valence-corrected chi connectivity index (χ0v) is 16.6. The van der Waals surface area contributed by atoms with E-state index in [-0.39, 0.29) is 23.4 Å². The average Bonchev–Trinajstić information content (AvgIpc) is 3.06. The highest BCUT2D eigenvalue weighted by molar-refractivity contribution is 5.95. The van der Waals surface area contributed by atoms with Gasteiger partial charge in [0, 0.05) is 24.4 Å². The van der Waals surface area contributed by atoms with Crippen molar-refractivity contribution >= 4 is 11.7 Å². The minimum Gasteiger partial charge on any atom is -0.355 e. The number of nitrogens with one attached hydrogen (secondary N) is 1. The summed E-state index contributed by atoms with van der Waals surface area (Å²) in [5.41, 5.74) is 1.41. The third-order valence-corrected chi connectivity index (χ3v) is 6.58. The number of nitrogens with zero attached hydrogens (tertiary/aromatic N) is 1. The molecule has 152 valence electrons. The molecule has 1 N–H and O–H groups in total. The highest BCUT2D eigenvalue weighted by atomic mass is 19.1. The molecule has 2 aromatic carbocycles. The van der Waals surface area contributed by atoms with Crippen molar-refractivity contribution in [3.05, 3.63) is 71.5 Å². The second-order valence-electron chi connectivity index (χ2n) is 8.20. The summed E-state index contributed by atoms with van der Waals surface area (Å²) in [6.45, 7) is 3.20. The van der Waals surface area contributed by atoms with Crippen LogP contribution < -0.4 is 5.32 Å². The number of carbonyl (C=O) groups is 2. The number of ketones is 1. The molecule has 2 aliphatic rings. The monoisotopic (exact) mass is 394 g/mol. The van der Waals surface area contributed by atoms with Gasteiger partial charge in [-0.05, 0) is 56.6 Å². The standard InChI is InChI=1S/C24H27FN2O2/c25-20-10-8-18(9-11-20)21-17-26-23(29)24(21)12-15-27(16-13-24)14-4-7-22(28)19-5-2-1-3-6-19/h1-3,5-6,8-11,21H,4,7,12-17H2,(H,26,29)/t21-/m1/s1. The van der Waals surface area contributed by atoms with Gasteiger partial charge in [0.1, 0.15) is 5.82 Å². The highest BCUT2D eigenvalue weighted by Crippen LogP contribution is 2.47. The summed E-state index contributed by atoms with van der Waals surface area (Å²) >= 11 is 0. The molecule has 1 amide bonds. The van der Waals surface area contributed by atoms with Crippen molar-refractivity contribution in [1.29, 1.82) is 0 Å². The minimum atomic E-state index is -0.395. The Morgan fingerprint density at radius 1 is 1.07 bits per heavy atom. The van der Waals surface area contributed by atoms with E-state index in [2.05, 4.69) is 10.2 Å². The molecule has 2 aliphatic heterocycles. The number of halogens is 1. The van der Waals surface area contributed by atoms with Crippen molar-refractivity contribution in [2.24, 2.45) is 5.41 Å². The van der Waals surface area contributed by atoms with Crippen LogP contribution in [0.3, 0.4) is 0 Å². The molecule has 29 heavy (non-hydrogen) atoms. The maximum Gasteiger partial charge on any atom is 0.227 e. The molecule has 0 saturated carbocycles. The first-order valence-corrected chi connectivity index (χ1v) is 10.4. The van der Waals surface area contributed by atoms with Gasteiger partial charge >= 0.3 is 0 Å². The van der Waals surface area contributed by atoms with Crippen molar-refractivity contribution in [3.63, 3.8) is 0 Å². The number of hydrogen-bond donors (Lipinski definition) is 1. The number of likely N-dealkylation sites (tertiary alicyclic amines) is 1.